The monoisotopic (exact) mass is 281 g/mol. The highest BCUT2D eigenvalue weighted by Gasteiger charge is 2.40. The van der Waals surface area contributed by atoms with Crippen LogP contribution in [0.4, 0.5) is 0 Å². The quantitative estimate of drug-likeness (QED) is 0.783. The molecule has 1 fully saturated rings. The van der Waals surface area contributed by atoms with Crippen molar-refractivity contribution in [2.45, 2.75) is 32.6 Å². The third kappa shape index (κ3) is 3.94. The van der Waals surface area contributed by atoms with E-state index in [1.165, 1.54) is 0 Å². The minimum absolute atomic E-state index is 0.0143. The first-order valence-electron chi connectivity index (χ1n) is 7.02. The second kappa shape index (κ2) is 7.25. The number of carbonyl (C=O) groups is 2. The Balaban J connectivity index is 2.44. The van der Waals surface area contributed by atoms with Gasteiger partial charge in [0, 0.05) is 13.6 Å². The Hall–Kier alpha value is -1.61. The topological polar surface area (TPSA) is 84.6 Å². The van der Waals surface area contributed by atoms with Gasteiger partial charge in [0.1, 0.15) is 0 Å². The molecule has 0 radical (unpaired) electrons. The maximum absolute atomic E-state index is 11.9. The average Bonchev–Trinajstić information content (AvgIpc) is 2.45. The van der Waals surface area contributed by atoms with Crippen LogP contribution < -0.4 is 0 Å². The molecule has 20 heavy (non-hydrogen) atoms. The van der Waals surface area contributed by atoms with Crippen LogP contribution in [0.1, 0.15) is 32.6 Å². The summed E-state index contributed by atoms with van der Waals surface area (Å²) in [6.45, 7) is 3.93. The molecule has 0 bridgehead atoms. The van der Waals surface area contributed by atoms with Crippen LogP contribution in [0, 0.1) is 16.7 Å². The molecular formula is C14H23N3O3. The Kier molecular flexibility index (Phi) is 5.96. The maximum atomic E-state index is 11.9. The molecule has 0 aromatic heterocycles. The minimum atomic E-state index is -0.725. The zero-order valence-electron chi connectivity index (χ0n) is 12.3. The average molecular weight is 281 g/mol. The maximum Gasteiger partial charge on any atom is 0.309 e. The molecular weight excluding hydrogens is 258 g/mol. The number of carboxylic acid groups (broad SMARTS) is 1. The van der Waals surface area contributed by atoms with Crippen molar-refractivity contribution in [3.8, 4) is 6.07 Å². The van der Waals surface area contributed by atoms with Crippen LogP contribution in [0.25, 0.3) is 0 Å². The first-order valence-corrected chi connectivity index (χ1v) is 7.02. The second-order valence-electron chi connectivity index (χ2n) is 5.44. The van der Waals surface area contributed by atoms with Gasteiger partial charge in [0.2, 0.25) is 5.91 Å². The molecule has 1 saturated heterocycles. The van der Waals surface area contributed by atoms with Crippen molar-refractivity contribution >= 4 is 11.9 Å². The van der Waals surface area contributed by atoms with Crippen LogP contribution in [0.5, 0.6) is 0 Å². The lowest BCUT2D eigenvalue weighted by molar-refractivity contribution is -0.152. The van der Waals surface area contributed by atoms with E-state index in [4.69, 9.17) is 5.26 Å². The standard InChI is InChI=1S/C14H23N3O3/c1-3-14(13(19)20)5-9-17(10-6-14)11-12(18)16(2)8-4-7-15/h3-6,8-11H2,1-2H3,(H,19,20). The Bertz CT molecular complexity index is 395. The fourth-order valence-electron chi connectivity index (χ4n) is 2.51. The highest BCUT2D eigenvalue weighted by Crippen LogP contribution is 2.34. The number of carboxylic acids is 1. The first-order chi connectivity index (χ1) is 9.45. The van der Waals surface area contributed by atoms with E-state index in [1.807, 2.05) is 17.9 Å². The number of hydrogen-bond donors (Lipinski definition) is 1. The smallest absolute Gasteiger partial charge is 0.309 e. The minimum Gasteiger partial charge on any atom is -0.481 e. The van der Waals surface area contributed by atoms with Crippen molar-refractivity contribution in [3.63, 3.8) is 0 Å². The molecule has 1 aliphatic rings. The molecule has 0 aliphatic carbocycles. The van der Waals surface area contributed by atoms with E-state index in [0.717, 1.165) is 0 Å². The van der Waals surface area contributed by atoms with Gasteiger partial charge in [0.15, 0.2) is 0 Å². The Morgan fingerprint density at radius 2 is 2.00 bits per heavy atom. The van der Waals surface area contributed by atoms with E-state index in [0.29, 0.717) is 51.9 Å². The molecule has 1 aliphatic heterocycles. The lowest BCUT2D eigenvalue weighted by Gasteiger charge is -2.38. The van der Waals surface area contributed by atoms with Gasteiger partial charge in [-0.05, 0) is 32.4 Å². The SMILES string of the molecule is CCC1(C(=O)O)CCN(CC(=O)N(C)CCC#N)CC1. The molecule has 0 unspecified atom stereocenters. The number of nitrogens with zero attached hydrogens (tertiary/aromatic N) is 3. The number of piperidine rings is 1. The number of nitriles is 1. The molecule has 1 amide bonds. The van der Waals surface area contributed by atoms with Crippen LogP contribution >= 0.6 is 0 Å². The van der Waals surface area contributed by atoms with Gasteiger partial charge in [0.05, 0.1) is 24.4 Å². The summed E-state index contributed by atoms with van der Waals surface area (Å²) in [5.41, 5.74) is -0.619. The van der Waals surface area contributed by atoms with Crippen LogP contribution in [-0.2, 0) is 9.59 Å². The van der Waals surface area contributed by atoms with E-state index in [9.17, 15) is 14.7 Å². The molecule has 0 aromatic rings. The Labute approximate surface area is 120 Å². The van der Waals surface area contributed by atoms with Gasteiger partial charge in [-0.15, -0.1) is 0 Å². The summed E-state index contributed by atoms with van der Waals surface area (Å²) >= 11 is 0. The van der Waals surface area contributed by atoms with E-state index in [2.05, 4.69) is 0 Å². The predicted octanol–water partition coefficient (Wildman–Crippen LogP) is 0.935. The second-order valence-corrected chi connectivity index (χ2v) is 5.44. The zero-order chi connectivity index (χ0) is 15.2. The number of rotatable bonds is 6. The molecule has 6 nitrogen and oxygen atoms in total. The zero-order valence-corrected chi connectivity index (χ0v) is 12.3. The van der Waals surface area contributed by atoms with E-state index < -0.39 is 11.4 Å². The van der Waals surface area contributed by atoms with E-state index in [1.54, 1.807) is 11.9 Å². The molecule has 0 aromatic carbocycles. The fourth-order valence-corrected chi connectivity index (χ4v) is 2.51. The van der Waals surface area contributed by atoms with Crippen molar-refractivity contribution in [1.29, 1.82) is 5.26 Å². The summed E-state index contributed by atoms with van der Waals surface area (Å²) in [4.78, 5) is 26.8. The number of likely N-dealkylation sites (tertiary alicyclic amines) is 1. The van der Waals surface area contributed by atoms with Gasteiger partial charge in [-0.1, -0.05) is 6.92 Å². The predicted molar refractivity (Wildman–Crippen MR) is 73.9 cm³/mol. The Morgan fingerprint density at radius 3 is 2.45 bits per heavy atom. The van der Waals surface area contributed by atoms with Crippen molar-refractivity contribution in [2.24, 2.45) is 5.41 Å². The lowest BCUT2D eigenvalue weighted by Crippen LogP contribution is -2.47. The summed E-state index contributed by atoms with van der Waals surface area (Å²) in [5.74, 6) is -0.739. The van der Waals surface area contributed by atoms with E-state index in [-0.39, 0.29) is 5.91 Å². The number of amides is 1. The normalized spacial score (nSPS) is 18.2. The number of aliphatic carboxylic acids is 1. The summed E-state index contributed by atoms with van der Waals surface area (Å²) in [6, 6.07) is 2.02. The molecule has 112 valence electrons. The van der Waals surface area contributed by atoms with Gasteiger partial charge < -0.3 is 10.0 Å². The number of carbonyl (C=O) groups excluding carboxylic acids is 1. The van der Waals surface area contributed by atoms with Crippen molar-refractivity contribution < 1.29 is 14.7 Å². The summed E-state index contributed by atoms with van der Waals surface area (Å²) < 4.78 is 0. The Morgan fingerprint density at radius 1 is 1.40 bits per heavy atom. The van der Waals surface area contributed by atoms with Crippen molar-refractivity contribution in [1.82, 2.24) is 9.80 Å². The van der Waals surface area contributed by atoms with Crippen LogP contribution in [-0.4, -0.2) is 60.0 Å². The fraction of sp³-hybridized carbons (Fsp3) is 0.786. The molecule has 6 heteroatoms. The van der Waals surface area contributed by atoms with Gasteiger partial charge in [0.25, 0.3) is 0 Å². The van der Waals surface area contributed by atoms with Crippen LogP contribution in [0.3, 0.4) is 0 Å². The van der Waals surface area contributed by atoms with Gasteiger partial charge >= 0.3 is 5.97 Å². The van der Waals surface area contributed by atoms with Gasteiger partial charge in [-0.25, -0.2) is 0 Å². The molecule has 0 atom stereocenters. The summed E-state index contributed by atoms with van der Waals surface area (Å²) in [5, 5.41) is 17.8. The van der Waals surface area contributed by atoms with E-state index >= 15 is 0 Å². The lowest BCUT2D eigenvalue weighted by atomic mass is 9.76. The third-order valence-electron chi connectivity index (χ3n) is 4.29. The van der Waals surface area contributed by atoms with Crippen molar-refractivity contribution in [2.75, 3.05) is 33.2 Å². The highest BCUT2D eigenvalue weighted by atomic mass is 16.4. The first kappa shape index (κ1) is 16.4. The van der Waals surface area contributed by atoms with Crippen LogP contribution in [0.2, 0.25) is 0 Å². The van der Waals surface area contributed by atoms with Crippen molar-refractivity contribution in [3.05, 3.63) is 0 Å². The molecule has 1 heterocycles. The highest BCUT2D eigenvalue weighted by molar-refractivity contribution is 5.78. The number of likely N-dealkylation sites (N-methyl/N-ethyl adjacent to an activating group) is 1. The summed E-state index contributed by atoms with van der Waals surface area (Å²) in [6.07, 6.45) is 2.15. The molecule has 0 saturated carbocycles. The molecule has 1 rings (SSSR count). The third-order valence-corrected chi connectivity index (χ3v) is 4.29. The van der Waals surface area contributed by atoms with Gasteiger partial charge in [-0.2, -0.15) is 5.26 Å². The molecule has 1 N–H and O–H groups in total. The van der Waals surface area contributed by atoms with Gasteiger partial charge in [-0.3, -0.25) is 14.5 Å². The largest absolute Gasteiger partial charge is 0.481 e. The van der Waals surface area contributed by atoms with Crippen LogP contribution in [0.15, 0.2) is 0 Å². The molecule has 0 spiro atoms. The summed E-state index contributed by atoms with van der Waals surface area (Å²) in [7, 11) is 1.69. The number of hydrogen-bond acceptors (Lipinski definition) is 4.